The Balaban J connectivity index is 2.07. The lowest BCUT2D eigenvalue weighted by Gasteiger charge is -2.26. The van der Waals surface area contributed by atoms with Crippen molar-refractivity contribution in [1.82, 2.24) is 0 Å². The molecule has 3 saturated carbocycles. The average Bonchev–Trinajstić information content (AvgIpc) is 2.07. The molecule has 0 heterocycles. The van der Waals surface area contributed by atoms with Crippen LogP contribution in [0.15, 0.2) is 0 Å². The van der Waals surface area contributed by atoms with Crippen LogP contribution < -0.4 is 0 Å². The van der Waals surface area contributed by atoms with Gasteiger partial charge in [-0.3, -0.25) is 0 Å². The highest BCUT2D eigenvalue weighted by Gasteiger charge is 2.44. The third-order valence-electron chi connectivity index (χ3n) is 3.17. The quantitative estimate of drug-likeness (QED) is 0.505. The molecule has 9 heavy (non-hydrogen) atoms. The highest BCUT2D eigenvalue weighted by molar-refractivity contribution is 4.95. The predicted molar refractivity (Wildman–Crippen MR) is 39.2 cm³/mol. The van der Waals surface area contributed by atoms with Gasteiger partial charge < -0.3 is 0 Å². The van der Waals surface area contributed by atoms with Gasteiger partial charge in [0.1, 0.15) is 0 Å². The molecular formula is C9H16. The van der Waals surface area contributed by atoms with Gasteiger partial charge in [0, 0.05) is 1.37 Å². The van der Waals surface area contributed by atoms with Crippen molar-refractivity contribution in [2.24, 2.45) is 23.6 Å². The van der Waals surface area contributed by atoms with E-state index in [2.05, 4.69) is 13.8 Å². The van der Waals surface area contributed by atoms with Gasteiger partial charge in [-0.15, -0.1) is 0 Å². The summed E-state index contributed by atoms with van der Waals surface area (Å²) in [7, 11) is 0. The molecule has 0 N–H and O–H groups in total. The van der Waals surface area contributed by atoms with E-state index >= 15 is 0 Å². The molecule has 3 aliphatic rings. The lowest BCUT2D eigenvalue weighted by Crippen LogP contribution is -2.16. The fraction of sp³-hybridized carbons (Fsp3) is 1.00. The van der Waals surface area contributed by atoms with E-state index in [1.54, 1.807) is 0 Å². The summed E-state index contributed by atoms with van der Waals surface area (Å²) in [4.78, 5) is 0. The maximum Gasteiger partial charge on any atom is 0.0300 e. The summed E-state index contributed by atoms with van der Waals surface area (Å²) in [5.41, 5.74) is 0. The molecule has 0 aromatic rings. The van der Waals surface area contributed by atoms with E-state index in [0.29, 0.717) is 0 Å². The highest BCUT2D eigenvalue weighted by atomic mass is 14.5. The van der Waals surface area contributed by atoms with Gasteiger partial charge in [0.25, 0.3) is 0 Å². The first-order valence-corrected chi connectivity index (χ1v) is 4.07. The van der Waals surface area contributed by atoms with Crippen molar-refractivity contribution in [2.75, 3.05) is 0 Å². The molecule has 0 nitrogen and oxygen atoms in total. The Morgan fingerprint density at radius 3 is 2.22 bits per heavy atom. The van der Waals surface area contributed by atoms with Gasteiger partial charge in [0.05, 0.1) is 0 Å². The van der Waals surface area contributed by atoms with Crippen molar-refractivity contribution in [3.63, 3.8) is 0 Å². The Morgan fingerprint density at radius 2 is 2.00 bits per heavy atom. The van der Waals surface area contributed by atoms with E-state index in [1.165, 1.54) is 19.3 Å². The van der Waals surface area contributed by atoms with Crippen LogP contribution in [0.2, 0.25) is 0 Å². The first-order chi connectivity index (χ1) is 4.57. The van der Waals surface area contributed by atoms with E-state index in [0.717, 1.165) is 17.8 Å². The number of hydrogen-bond donors (Lipinski definition) is 0. The third-order valence-corrected chi connectivity index (χ3v) is 3.17. The molecule has 0 heteroatoms. The highest BCUT2D eigenvalue weighted by Crippen LogP contribution is 2.54. The zero-order valence-corrected chi connectivity index (χ0v) is 6.35. The molecule has 0 aromatic heterocycles. The summed E-state index contributed by atoms with van der Waals surface area (Å²) in [6, 6.07) is 0. The molecule has 0 aromatic carbocycles. The Morgan fingerprint density at radius 1 is 1.33 bits per heavy atom. The standard InChI is InChI=1S/C9H16/c1-6(2)9-5-7-3-8(9)4-7/h6-9H,3-5H2,1-2H3/i6D. The molecule has 2 bridgehead atoms. The summed E-state index contributed by atoms with van der Waals surface area (Å²) in [5, 5.41) is 0. The molecule has 0 radical (unpaired) electrons. The Hall–Kier alpha value is 0. The maximum atomic E-state index is 7.89. The largest absolute Gasteiger partial charge is 0.0625 e. The molecule has 0 aliphatic heterocycles. The lowest BCUT2D eigenvalue weighted by molar-refractivity contribution is 0.245. The summed E-state index contributed by atoms with van der Waals surface area (Å²) < 4.78 is 7.89. The number of rotatable bonds is 1. The molecule has 1 atom stereocenters. The van der Waals surface area contributed by atoms with Gasteiger partial charge in [0.2, 0.25) is 0 Å². The van der Waals surface area contributed by atoms with Crippen LogP contribution in [0.3, 0.4) is 0 Å². The van der Waals surface area contributed by atoms with E-state index in [-0.39, 0.29) is 5.89 Å². The van der Waals surface area contributed by atoms with Crippen molar-refractivity contribution in [3.8, 4) is 0 Å². The predicted octanol–water partition coefficient (Wildman–Crippen LogP) is 2.69. The van der Waals surface area contributed by atoms with Crippen LogP contribution in [0.1, 0.15) is 34.5 Å². The zero-order chi connectivity index (χ0) is 7.35. The monoisotopic (exact) mass is 125 g/mol. The Kier molecular flexibility index (Phi) is 0.922. The van der Waals surface area contributed by atoms with Crippen LogP contribution in [0.5, 0.6) is 0 Å². The van der Waals surface area contributed by atoms with Crippen LogP contribution in [0.25, 0.3) is 0 Å². The minimum absolute atomic E-state index is 0.157. The van der Waals surface area contributed by atoms with Crippen LogP contribution in [0, 0.1) is 23.6 Å². The van der Waals surface area contributed by atoms with Gasteiger partial charge in [-0.25, -0.2) is 0 Å². The van der Waals surface area contributed by atoms with E-state index < -0.39 is 0 Å². The topological polar surface area (TPSA) is 0 Å². The molecule has 3 aliphatic carbocycles. The SMILES string of the molecule is [2H]C(C)(C)C1CC2CC1C2. The summed E-state index contributed by atoms with van der Waals surface area (Å²) >= 11 is 0. The van der Waals surface area contributed by atoms with Gasteiger partial charge >= 0.3 is 0 Å². The number of hydrogen-bond acceptors (Lipinski definition) is 0. The Bertz CT molecular complexity index is 139. The van der Waals surface area contributed by atoms with Crippen molar-refractivity contribution >= 4 is 0 Å². The molecule has 0 amide bonds. The zero-order valence-electron chi connectivity index (χ0n) is 7.35. The van der Waals surface area contributed by atoms with Gasteiger partial charge in [-0.1, -0.05) is 13.8 Å². The fourth-order valence-corrected chi connectivity index (χ4v) is 2.57. The minimum Gasteiger partial charge on any atom is -0.0625 e. The first-order valence-electron chi connectivity index (χ1n) is 4.57. The normalized spacial score (nSPS) is 50.4. The summed E-state index contributed by atoms with van der Waals surface area (Å²) in [5.74, 6) is 2.50. The van der Waals surface area contributed by atoms with Gasteiger partial charge in [-0.2, -0.15) is 0 Å². The summed E-state index contributed by atoms with van der Waals surface area (Å²) in [6.07, 6.45) is 4.22. The molecule has 1 unspecified atom stereocenters. The maximum absolute atomic E-state index is 7.89. The van der Waals surface area contributed by atoms with Gasteiger partial charge in [-0.05, 0) is 42.9 Å². The number of fused-ring (bicyclic) bond motifs is 1. The Labute approximate surface area is 59.1 Å². The van der Waals surface area contributed by atoms with E-state index in [4.69, 9.17) is 1.37 Å². The van der Waals surface area contributed by atoms with Crippen LogP contribution in [-0.2, 0) is 0 Å². The van der Waals surface area contributed by atoms with E-state index in [9.17, 15) is 0 Å². The van der Waals surface area contributed by atoms with Crippen LogP contribution in [-0.4, -0.2) is 0 Å². The first kappa shape index (κ1) is 4.76. The van der Waals surface area contributed by atoms with E-state index in [1.807, 2.05) is 0 Å². The lowest BCUT2D eigenvalue weighted by atomic mass is 9.80. The molecular weight excluding hydrogens is 108 g/mol. The van der Waals surface area contributed by atoms with Crippen molar-refractivity contribution in [1.29, 1.82) is 0 Å². The third kappa shape index (κ3) is 0.720. The van der Waals surface area contributed by atoms with Crippen molar-refractivity contribution in [2.45, 2.75) is 33.1 Å². The smallest absolute Gasteiger partial charge is 0.0300 e. The molecule has 3 fully saturated rings. The molecule has 0 spiro atoms. The van der Waals surface area contributed by atoms with Gasteiger partial charge in [0.15, 0.2) is 0 Å². The van der Waals surface area contributed by atoms with Crippen molar-refractivity contribution < 1.29 is 1.37 Å². The summed E-state index contributed by atoms with van der Waals surface area (Å²) in [6.45, 7) is 4.14. The fourth-order valence-electron chi connectivity index (χ4n) is 2.57. The minimum atomic E-state index is -0.157. The molecule has 0 saturated heterocycles. The molecule has 52 valence electrons. The van der Waals surface area contributed by atoms with Crippen LogP contribution in [0.4, 0.5) is 0 Å². The second-order valence-electron chi connectivity index (χ2n) is 4.02. The van der Waals surface area contributed by atoms with Crippen LogP contribution >= 0.6 is 0 Å². The average molecular weight is 125 g/mol. The second kappa shape index (κ2) is 1.74. The van der Waals surface area contributed by atoms with Crippen molar-refractivity contribution in [3.05, 3.63) is 0 Å². The molecule has 3 rings (SSSR count). The second-order valence-corrected chi connectivity index (χ2v) is 4.02.